The van der Waals surface area contributed by atoms with Crippen molar-refractivity contribution in [2.45, 2.75) is 19.3 Å². The zero-order valence-corrected chi connectivity index (χ0v) is 17.5. The van der Waals surface area contributed by atoms with Crippen molar-refractivity contribution in [1.82, 2.24) is 9.80 Å². The topological polar surface area (TPSA) is 74.0 Å². The first kappa shape index (κ1) is 21.8. The van der Waals surface area contributed by atoms with E-state index in [0.29, 0.717) is 19.0 Å². The van der Waals surface area contributed by atoms with E-state index in [1.807, 2.05) is 4.90 Å². The summed E-state index contributed by atoms with van der Waals surface area (Å²) in [6, 6.07) is 3.12. The number of nitrogens with one attached hydrogen (secondary N) is 1. The molecule has 0 aromatic heterocycles. The fraction of sp³-hybridized carbons (Fsp3) is 0.556. The lowest BCUT2D eigenvalue weighted by Gasteiger charge is -2.38. The van der Waals surface area contributed by atoms with E-state index in [1.54, 1.807) is 0 Å². The van der Waals surface area contributed by atoms with Gasteiger partial charge in [0.15, 0.2) is 5.96 Å². The van der Waals surface area contributed by atoms with Gasteiger partial charge in [-0.25, -0.2) is 8.78 Å². The van der Waals surface area contributed by atoms with Crippen molar-refractivity contribution in [3.05, 3.63) is 29.8 Å². The smallest absolute Gasteiger partial charge is 0.225 e. The van der Waals surface area contributed by atoms with Crippen LogP contribution in [0.15, 0.2) is 23.2 Å². The first-order chi connectivity index (χ1) is 12.5. The summed E-state index contributed by atoms with van der Waals surface area (Å²) in [6.07, 6.45) is 3.24. The number of hydrogen-bond donors (Lipinski definition) is 2. The third kappa shape index (κ3) is 6.00. The predicted octanol–water partition coefficient (Wildman–Crippen LogP) is 2.25. The number of halogens is 3. The molecule has 0 radical (unpaired) electrons. The normalized spacial score (nSPS) is 18.6. The van der Waals surface area contributed by atoms with Gasteiger partial charge in [0.05, 0.1) is 12.2 Å². The Kier molecular flexibility index (Phi) is 8.21. The summed E-state index contributed by atoms with van der Waals surface area (Å²) in [4.78, 5) is 20.6. The lowest BCUT2D eigenvalue weighted by atomic mass is 9.84. The minimum atomic E-state index is -0.586. The quantitative estimate of drug-likeness (QED) is 0.375. The van der Waals surface area contributed by atoms with E-state index in [-0.39, 0.29) is 41.5 Å². The minimum absolute atomic E-state index is 0. The van der Waals surface area contributed by atoms with E-state index in [9.17, 15) is 13.6 Å². The predicted molar refractivity (Wildman–Crippen MR) is 112 cm³/mol. The average molecular weight is 493 g/mol. The number of hydrogen-bond acceptors (Lipinski definition) is 3. The summed E-state index contributed by atoms with van der Waals surface area (Å²) < 4.78 is 26.7. The van der Waals surface area contributed by atoms with Crippen LogP contribution in [-0.2, 0) is 4.79 Å². The summed E-state index contributed by atoms with van der Waals surface area (Å²) >= 11 is 0. The van der Waals surface area contributed by atoms with Crippen molar-refractivity contribution in [2.75, 3.05) is 44.6 Å². The molecule has 1 aliphatic carbocycles. The van der Waals surface area contributed by atoms with Crippen LogP contribution < -0.4 is 11.1 Å². The number of aliphatic imine (C=N–C) groups is 1. The Labute approximate surface area is 175 Å². The van der Waals surface area contributed by atoms with E-state index in [2.05, 4.69) is 15.2 Å². The number of carbonyl (C=O) groups excluding carboxylic acids is 1. The van der Waals surface area contributed by atoms with E-state index in [4.69, 9.17) is 5.73 Å². The van der Waals surface area contributed by atoms with Crippen molar-refractivity contribution >= 4 is 41.5 Å². The number of rotatable bonds is 5. The molecule has 1 aliphatic heterocycles. The highest BCUT2D eigenvalue weighted by Crippen LogP contribution is 2.28. The van der Waals surface area contributed by atoms with E-state index >= 15 is 0 Å². The van der Waals surface area contributed by atoms with Crippen molar-refractivity contribution in [2.24, 2.45) is 16.6 Å². The van der Waals surface area contributed by atoms with Gasteiger partial charge in [-0.3, -0.25) is 14.7 Å². The highest BCUT2D eigenvalue weighted by Gasteiger charge is 2.30. The molecule has 1 amide bonds. The summed E-state index contributed by atoms with van der Waals surface area (Å²) in [5.74, 6) is -0.527. The first-order valence-corrected chi connectivity index (χ1v) is 9.06. The van der Waals surface area contributed by atoms with Crippen molar-refractivity contribution in [1.29, 1.82) is 0 Å². The molecular weight excluding hydrogens is 467 g/mol. The summed E-state index contributed by atoms with van der Waals surface area (Å²) in [5.41, 5.74) is 5.70. The van der Waals surface area contributed by atoms with Crippen LogP contribution in [0.1, 0.15) is 19.3 Å². The number of guanidine groups is 1. The minimum Gasteiger partial charge on any atom is -0.370 e. The Bertz CT molecular complexity index is 676. The monoisotopic (exact) mass is 493 g/mol. The van der Waals surface area contributed by atoms with E-state index in [0.717, 1.165) is 57.2 Å². The zero-order chi connectivity index (χ0) is 18.5. The van der Waals surface area contributed by atoms with Gasteiger partial charge in [0.25, 0.3) is 0 Å². The Morgan fingerprint density at radius 3 is 2.56 bits per heavy atom. The second kappa shape index (κ2) is 10.2. The Hall–Kier alpha value is -1.49. The van der Waals surface area contributed by atoms with E-state index in [1.165, 1.54) is 6.42 Å². The second-order valence-corrected chi connectivity index (χ2v) is 6.81. The van der Waals surface area contributed by atoms with Gasteiger partial charge in [-0.1, -0.05) is 6.42 Å². The molecule has 9 heteroatoms. The first-order valence-electron chi connectivity index (χ1n) is 9.06. The molecule has 0 unspecified atom stereocenters. The standard InChI is InChI=1S/C18H25F2N5O.HI/c19-14-4-5-15(20)16(12-14)23-18(21)22-6-7-24-8-10-25(11-9-24)17(26)13-2-1-3-13;/h4-5,12-13H,1-3,6-11H2,(H3,21,22,23);1H. The molecular formula is C18H26F2IN5O. The van der Waals surface area contributed by atoms with Crippen LogP contribution in [0.2, 0.25) is 0 Å². The van der Waals surface area contributed by atoms with Gasteiger partial charge in [0.2, 0.25) is 5.91 Å². The molecule has 0 spiro atoms. The van der Waals surface area contributed by atoms with Gasteiger partial charge >= 0.3 is 0 Å². The molecule has 3 N–H and O–H groups in total. The fourth-order valence-electron chi connectivity index (χ4n) is 3.19. The molecule has 150 valence electrons. The number of amides is 1. The zero-order valence-electron chi connectivity index (χ0n) is 15.2. The van der Waals surface area contributed by atoms with Gasteiger partial charge in [-0.05, 0) is 25.0 Å². The number of carbonyl (C=O) groups is 1. The molecule has 1 heterocycles. The van der Waals surface area contributed by atoms with Crippen molar-refractivity contribution in [3.63, 3.8) is 0 Å². The summed E-state index contributed by atoms with van der Waals surface area (Å²) in [6.45, 7) is 4.30. The van der Waals surface area contributed by atoms with E-state index < -0.39 is 11.6 Å². The molecule has 2 fully saturated rings. The van der Waals surface area contributed by atoms with Crippen LogP contribution in [0.5, 0.6) is 0 Å². The van der Waals surface area contributed by atoms with Gasteiger partial charge in [-0.15, -0.1) is 24.0 Å². The highest BCUT2D eigenvalue weighted by atomic mass is 127. The van der Waals surface area contributed by atoms with Crippen molar-refractivity contribution < 1.29 is 13.6 Å². The molecule has 2 aliphatic rings. The van der Waals surface area contributed by atoms with Gasteiger partial charge in [0.1, 0.15) is 11.6 Å². The third-order valence-corrected chi connectivity index (χ3v) is 5.03. The maximum atomic E-state index is 13.6. The highest BCUT2D eigenvalue weighted by molar-refractivity contribution is 14.0. The SMILES string of the molecule is I.NC(=NCCN1CCN(C(=O)C2CCC2)CC1)Nc1cc(F)ccc1F. The fourth-order valence-corrected chi connectivity index (χ4v) is 3.19. The van der Waals surface area contributed by atoms with Crippen LogP contribution in [0.3, 0.4) is 0 Å². The number of piperazine rings is 1. The van der Waals surface area contributed by atoms with Crippen LogP contribution >= 0.6 is 24.0 Å². The molecule has 0 bridgehead atoms. The average Bonchev–Trinajstić information content (AvgIpc) is 2.57. The molecule has 1 saturated heterocycles. The lowest BCUT2D eigenvalue weighted by Crippen LogP contribution is -2.51. The van der Waals surface area contributed by atoms with Gasteiger partial charge < -0.3 is 16.0 Å². The Morgan fingerprint density at radius 1 is 1.22 bits per heavy atom. The number of nitrogens with zero attached hydrogens (tertiary/aromatic N) is 3. The lowest BCUT2D eigenvalue weighted by molar-refractivity contribution is -0.139. The van der Waals surface area contributed by atoms with Crippen LogP contribution in [0.4, 0.5) is 14.5 Å². The van der Waals surface area contributed by atoms with Crippen molar-refractivity contribution in [3.8, 4) is 0 Å². The number of benzene rings is 1. The molecule has 27 heavy (non-hydrogen) atoms. The molecule has 3 rings (SSSR count). The van der Waals surface area contributed by atoms with Gasteiger partial charge in [0, 0.05) is 44.7 Å². The maximum absolute atomic E-state index is 13.6. The third-order valence-electron chi connectivity index (χ3n) is 5.03. The maximum Gasteiger partial charge on any atom is 0.225 e. The molecule has 0 atom stereocenters. The number of anilines is 1. The molecule has 1 saturated carbocycles. The van der Waals surface area contributed by atoms with Crippen LogP contribution in [-0.4, -0.2) is 60.9 Å². The summed E-state index contributed by atoms with van der Waals surface area (Å²) in [5, 5.41) is 2.58. The Balaban J connectivity index is 0.00000261. The summed E-state index contributed by atoms with van der Waals surface area (Å²) in [7, 11) is 0. The Morgan fingerprint density at radius 2 is 1.93 bits per heavy atom. The van der Waals surface area contributed by atoms with Crippen LogP contribution in [0.25, 0.3) is 0 Å². The number of nitrogens with two attached hydrogens (primary N) is 1. The molecule has 1 aromatic carbocycles. The second-order valence-electron chi connectivity index (χ2n) is 6.81. The molecule has 6 nitrogen and oxygen atoms in total. The largest absolute Gasteiger partial charge is 0.370 e. The van der Waals surface area contributed by atoms with Gasteiger partial charge in [-0.2, -0.15) is 0 Å². The molecule has 1 aromatic rings. The van der Waals surface area contributed by atoms with Crippen LogP contribution in [0, 0.1) is 17.6 Å².